The number of nitro groups is 1. The van der Waals surface area contributed by atoms with Crippen molar-refractivity contribution in [2.45, 2.75) is 33.6 Å². The first kappa shape index (κ1) is 20.1. The molecule has 0 saturated carbocycles. The molecule has 5 rings (SSSR count). The second-order valence-electron chi connectivity index (χ2n) is 9.20. The highest BCUT2D eigenvalue weighted by molar-refractivity contribution is 5.90. The Bertz CT molecular complexity index is 1440. The molecule has 0 unspecified atom stereocenters. The first-order valence-corrected chi connectivity index (χ1v) is 10.5. The van der Waals surface area contributed by atoms with Crippen molar-refractivity contribution in [3.05, 3.63) is 92.0 Å². The van der Waals surface area contributed by atoms with Crippen LogP contribution in [0.4, 0.5) is 5.69 Å². The van der Waals surface area contributed by atoms with Gasteiger partial charge < -0.3 is 0 Å². The van der Waals surface area contributed by atoms with Crippen LogP contribution in [0, 0.1) is 22.5 Å². The SMILES string of the molecule is Cc1ccc(-c2cc3c(=O)n(-c4ccc([N+](=O)[O-])cc4)nc4c3c(n2)CC(C)(C)C4)cc1. The van der Waals surface area contributed by atoms with Crippen LogP contribution in [-0.4, -0.2) is 19.7 Å². The van der Waals surface area contributed by atoms with Gasteiger partial charge in [0.05, 0.1) is 33.1 Å². The molecule has 0 N–H and O–H groups in total. The van der Waals surface area contributed by atoms with Crippen LogP contribution in [0.5, 0.6) is 0 Å². The summed E-state index contributed by atoms with van der Waals surface area (Å²) in [5, 5.41) is 17.1. The van der Waals surface area contributed by atoms with Gasteiger partial charge in [0.25, 0.3) is 11.2 Å². The van der Waals surface area contributed by atoms with Gasteiger partial charge >= 0.3 is 0 Å². The van der Waals surface area contributed by atoms with Gasteiger partial charge in [-0.25, -0.2) is 0 Å². The maximum atomic E-state index is 13.5. The summed E-state index contributed by atoms with van der Waals surface area (Å²) in [6.45, 7) is 6.38. The average Bonchev–Trinajstić information content (AvgIpc) is 2.75. The summed E-state index contributed by atoms with van der Waals surface area (Å²) in [7, 11) is 0. The molecule has 4 aromatic rings. The first-order chi connectivity index (χ1) is 15.2. The highest BCUT2D eigenvalue weighted by Crippen LogP contribution is 2.37. The van der Waals surface area contributed by atoms with Crippen molar-refractivity contribution < 1.29 is 4.92 Å². The third-order valence-corrected chi connectivity index (χ3v) is 5.97. The van der Waals surface area contributed by atoms with Crippen molar-refractivity contribution >= 4 is 16.5 Å². The van der Waals surface area contributed by atoms with Crippen LogP contribution in [0.3, 0.4) is 0 Å². The largest absolute Gasteiger partial charge is 0.279 e. The normalized spacial score (nSPS) is 14.5. The zero-order valence-corrected chi connectivity index (χ0v) is 18.1. The number of benzene rings is 2. The lowest BCUT2D eigenvalue weighted by molar-refractivity contribution is -0.384. The molecule has 2 aromatic carbocycles. The lowest BCUT2D eigenvalue weighted by Crippen LogP contribution is -2.30. The standard InChI is InChI=1S/C25H22N4O3/c1-15-4-6-16(7-5-15)20-12-19-23-21(26-20)13-25(2,3)14-22(23)27-28(24(19)30)17-8-10-18(11-9-17)29(31)32/h4-12H,13-14H2,1-3H3. The fraction of sp³-hybridized carbons (Fsp3) is 0.240. The number of non-ortho nitro benzene ring substituents is 1. The van der Waals surface area contributed by atoms with Gasteiger partial charge in [-0.2, -0.15) is 9.78 Å². The smallest absolute Gasteiger partial charge is 0.267 e. The molecule has 0 fully saturated rings. The van der Waals surface area contributed by atoms with Gasteiger partial charge in [-0.3, -0.25) is 19.9 Å². The Labute approximate surface area is 184 Å². The van der Waals surface area contributed by atoms with Gasteiger partial charge in [0.1, 0.15) is 0 Å². The Hall–Kier alpha value is -3.87. The maximum Gasteiger partial charge on any atom is 0.279 e. The fourth-order valence-electron chi connectivity index (χ4n) is 4.40. The molecule has 0 atom stereocenters. The van der Waals surface area contributed by atoms with Gasteiger partial charge in [-0.1, -0.05) is 43.7 Å². The molecule has 0 radical (unpaired) electrons. The molecule has 2 heterocycles. The molecule has 0 aliphatic heterocycles. The van der Waals surface area contributed by atoms with Crippen LogP contribution in [0.2, 0.25) is 0 Å². The Morgan fingerprint density at radius 2 is 1.66 bits per heavy atom. The number of hydrogen-bond donors (Lipinski definition) is 0. The monoisotopic (exact) mass is 426 g/mol. The third kappa shape index (κ3) is 3.36. The number of rotatable bonds is 3. The number of nitro benzene ring substituents is 1. The van der Waals surface area contributed by atoms with Crippen molar-refractivity contribution in [2.75, 3.05) is 0 Å². The van der Waals surface area contributed by atoms with Gasteiger partial charge in [0.15, 0.2) is 0 Å². The van der Waals surface area contributed by atoms with Gasteiger partial charge in [-0.15, -0.1) is 0 Å². The molecule has 0 saturated heterocycles. The van der Waals surface area contributed by atoms with Crippen LogP contribution in [0.25, 0.3) is 27.7 Å². The van der Waals surface area contributed by atoms with E-state index in [2.05, 4.69) is 18.9 Å². The van der Waals surface area contributed by atoms with Gasteiger partial charge in [0, 0.05) is 23.1 Å². The van der Waals surface area contributed by atoms with Crippen molar-refractivity contribution in [3.8, 4) is 16.9 Å². The molecule has 0 spiro atoms. The van der Waals surface area contributed by atoms with Crippen molar-refractivity contribution in [1.29, 1.82) is 0 Å². The molecule has 2 aromatic heterocycles. The summed E-state index contributed by atoms with van der Waals surface area (Å²) >= 11 is 0. The molecule has 7 heteroatoms. The summed E-state index contributed by atoms with van der Waals surface area (Å²) in [6, 6.07) is 15.8. The van der Waals surface area contributed by atoms with E-state index < -0.39 is 4.92 Å². The second-order valence-corrected chi connectivity index (χ2v) is 9.20. The molecule has 1 aliphatic rings. The lowest BCUT2D eigenvalue weighted by atomic mass is 9.77. The minimum atomic E-state index is -0.460. The van der Waals surface area contributed by atoms with Crippen LogP contribution >= 0.6 is 0 Å². The van der Waals surface area contributed by atoms with E-state index >= 15 is 0 Å². The highest BCUT2D eigenvalue weighted by atomic mass is 16.6. The Balaban J connectivity index is 1.78. The van der Waals surface area contributed by atoms with Crippen LogP contribution in [0.15, 0.2) is 59.4 Å². The van der Waals surface area contributed by atoms with E-state index in [1.54, 1.807) is 12.1 Å². The summed E-state index contributed by atoms with van der Waals surface area (Å²) < 4.78 is 1.35. The number of aryl methyl sites for hydroxylation is 1. The Morgan fingerprint density at radius 1 is 1.00 bits per heavy atom. The Kier molecular flexibility index (Phi) is 4.44. The van der Waals surface area contributed by atoms with Crippen molar-refractivity contribution in [3.63, 3.8) is 0 Å². The predicted octanol–water partition coefficient (Wildman–Crippen LogP) is 4.79. The van der Waals surface area contributed by atoms with E-state index in [9.17, 15) is 14.9 Å². The second kappa shape index (κ2) is 7.09. The summed E-state index contributed by atoms with van der Waals surface area (Å²) in [6.07, 6.45) is 1.48. The van der Waals surface area contributed by atoms with Gasteiger partial charge in [-0.05, 0) is 43.4 Å². The fourth-order valence-corrected chi connectivity index (χ4v) is 4.40. The zero-order chi connectivity index (χ0) is 22.6. The molecule has 0 amide bonds. The number of aromatic nitrogens is 3. The average molecular weight is 426 g/mol. The summed E-state index contributed by atoms with van der Waals surface area (Å²) in [5.74, 6) is 0. The first-order valence-electron chi connectivity index (χ1n) is 10.5. The minimum absolute atomic E-state index is 0.0294. The molecular formula is C25H22N4O3. The topological polar surface area (TPSA) is 90.9 Å². The maximum absolute atomic E-state index is 13.5. The molecule has 32 heavy (non-hydrogen) atoms. The minimum Gasteiger partial charge on any atom is -0.267 e. The molecule has 160 valence electrons. The number of nitrogens with zero attached hydrogens (tertiary/aromatic N) is 4. The van der Waals surface area contributed by atoms with Crippen molar-refractivity contribution in [1.82, 2.24) is 14.8 Å². The zero-order valence-electron chi connectivity index (χ0n) is 18.1. The van der Waals surface area contributed by atoms with Crippen molar-refractivity contribution in [2.24, 2.45) is 5.41 Å². The molecule has 0 bridgehead atoms. The Morgan fingerprint density at radius 3 is 2.31 bits per heavy atom. The highest BCUT2D eigenvalue weighted by Gasteiger charge is 2.31. The van der Waals surface area contributed by atoms with E-state index in [1.807, 2.05) is 37.3 Å². The summed E-state index contributed by atoms with van der Waals surface area (Å²) in [5.41, 5.74) is 4.75. The molecule has 7 nitrogen and oxygen atoms in total. The molecule has 1 aliphatic carbocycles. The third-order valence-electron chi connectivity index (χ3n) is 5.97. The van der Waals surface area contributed by atoms with E-state index in [0.29, 0.717) is 11.1 Å². The summed E-state index contributed by atoms with van der Waals surface area (Å²) in [4.78, 5) is 29.0. The lowest BCUT2D eigenvalue weighted by Gasteiger charge is -2.30. The number of hydrogen-bond acceptors (Lipinski definition) is 5. The van der Waals surface area contributed by atoms with Crippen LogP contribution in [-0.2, 0) is 12.8 Å². The van der Waals surface area contributed by atoms with E-state index in [4.69, 9.17) is 4.98 Å². The predicted molar refractivity (Wildman–Crippen MR) is 123 cm³/mol. The van der Waals surface area contributed by atoms with Crippen LogP contribution in [0.1, 0.15) is 30.8 Å². The van der Waals surface area contributed by atoms with E-state index in [0.717, 1.165) is 46.4 Å². The van der Waals surface area contributed by atoms with E-state index in [-0.39, 0.29) is 16.7 Å². The van der Waals surface area contributed by atoms with E-state index in [1.165, 1.54) is 16.8 Å². The molecular weight excluding hydrogens is 404 g/mol. The van der Waals surface area contributed by atoms with Gasteiger partial charge in [0.2, 0.25) is 0 Å². The quantitative estimate of drug-likeness (QED) is 0.347. The number of pyridine rings is 1. The van der Waals surface area contributed by atoms with Crippen LogP contribution < -0.4 is 5.56 Å².